The van der Waals surface area contributed by atoms with E-state index in [0.29, 0.717) is 12.2 Å². The summed E-state index contributed by atoms with van der Waals surface area (Å²) in [4.78, 5) is 13.7. The van der Waals surface area contributed by atoms with Crippen LogP contribution in [-0.2, 0) is 6.54 Å². The molecule has 0 unspecified atom stereocenters. The number of carbonyl (C=O) groups excluding carboxylic acids is 1. The molecule has 0 atom stereocenters. The first-order valence-corrected chi connectivity index (χ1v) is 6.81. The van der Waals surface area contributed by atoms with Gasteiger partial charge in [0.2, 0.25) is 0 Å². The topological polar surface area (TPSA) is 46.3 Å². The van der Waals surface area contributed by atoms with Crippen LogP contribution in [0, 0.1) is 5.82 Å². The van der Waals surface area contributed by atoms with Crippen molar-refractivity contribution in [2.24, 2.45) is 0 Å². The van der Waals surface area contributed by atoms with Gasteiger partial charge in [-0.1, -0.05) is 28.1 Å². The molecule has 20 heavy (non-hydrogen) atoms. The Labute approximate surface area is 125 Å². The molecule has 0 saturated carbocycles. The van der Waals surface area contributed by atoms with Crippen LogP contribution in [0.15, 0.2) is 46.9 Å². The highest BCUT2D eigenvalue weighted by Crippen LogP contribution is 2.16. The van der Waals surface area contributed by atoms with Gasteiger partial charge in [-0.2, -0.15) is 0 Å². The van der Waals surface area contributed by atoms with Gasteiger partial charge in [0.1, 0.15) is 5.82 Å². The molecule has 0 aliphatic carbocycles. The van der Waals surface area contributed by atoms with Crippen LogP contribution in [-0.4, -0.2) is 17.9 Å². The van der Waals surface area contributed by atoms with Crippen molar-refractivity contribution in [3.8, 4) is 0 Å². The minimum absolute atomic E-state index is 0.0247. The van der Waals surface area contributed by atoms with E-state index in [1.54, 1.807) is 7.05 Å². The molecule has 0 radical (unpaired) electrons. The number of hydrogen-bond donors (Lipinski definition) is 1. The van der Waals surface area contributed by atoms with Crippen molar-refractivity contribution in [3.63, 3.8) is 0 Å². The van der Waals surface area contributed by atoms with Gasteiger partial charge < -0.3 is 10.6 Å². The number of nitrogens with two attached hydrogens (primary N) is 1. The molecule has 2 N–H and O–H groups in total. The van der Waals surface area contributed by atoms with Crippen molar-refractivity contribution in [2.75, 3.05) is 12.8 Å². The molecule has 0 bridgehead atoms. The monoisotopic (exact) mass is 336 g/mol. The molecule has 0 heterocycles. The Hall–Kier alpha value is -1.88. The number of rotatable bonds is 3. The van der Waals surface area contributed by atoms with Crippen molar-refractivity contribution >= 4 is 27.5 Å². The highest BCUT2D eigenvalue weighted by molar-refractivity contribution is 9.10. The molecule has 0 aliphatic rings. The molecule has 0 aliphatic heterocycles. The van der Waals surface area contributed by atoms with Gasteiger partial charge in [-0.15, -0.1) is 0 Å². The molecule has 1 amide bonds. The number of carbonyl (C=O) groups is 1. The van der Waals surface area contributed by atoms with Crippen molar-refractivity contribution < 1.29 is 9.18 Å². The predicted molar refractivity (Wildman–Crippen MR) is 80.8 cm³/mol. The minimum Gasteiger partial charge on any atom is -0.399 e. The highest BCUT2D eigenvalue weighted by Gasteiger charge is 2.16. The summed E-state index contributed by atoms with van der Waals surface area (Å²) in [7, 11) is 1.64. The van der Waals surface area contributed by atoms with Crippen LogP contribution in [0.4, 0.5) is 10.1 Å². The maximum absolute atomic E-state index is 13.7. The van der Waals surface area contributed by atoms with Crippen LogP contribution >= 0.6 is 15.9 Å². The molecule has 104 valence electrons. The lowest BCUT2D eigenvalue weighted by atomic mass is 10.1. The molecule has 3 nitrogen and oxygen atoms in total. The normalized spacial score (nSPS) is 10.3. The lowest BCUT2D eigenvalue weighted by Gasteiger charge is -2.18. The Morgan fingerprint density at radius 1 is 1.30 bits per heavy atom. The van der Waals surface area contributed by atoms with Gasteiger partial charge in [0.25, 0.3) is 5.91 Å². The van der Waals surface area contributed by atoms with Gasteiger partial charge in [0.15, 0.2) is 0 Å². The number of halogens is 2. The summed E-state index contributed by atoms with van der Waals surface area (Å²) in [6, 6.07) is 11.7. The molecule has 2 aromatic rings. The number of benzene rings is 2. The Morgan fingerprint density at radius 3 is 2.70 bits per heavy atom. The van der Waals surface area contributed by atoms with Gasteiger partial charge in [0.05, 0.1) is 5.56 Å². The van der Waals surface area contributed by atoms with E-state index in [2.05, 4.69) is 15.9 Å². The summed E-state index contributed by atoms with van der Waals surface area (Å²) in [6.45, 7) is 0.405. The van der Waals surface area contributed by atoms with E-state index in [4.69, 9.17) is 5.73 Å². The molecule has 2 rings (SSSR count). The third kappa shape index (κ3) is 3.36. The Morgan fingerprint density at radius 2 is 2.05 bits per heavy atom. The van der Waals surface area contributed by atoms with E-state index in [1.807, 2.05) is 24.3 Å². The van der Waals surface area contributed by atoms with E-state index in [1.165, 1.54) is 17.0 Å². The quantitative estimate of drug-likeness (QED) is 0.872. The first-order chi connectivity index (χ1) is 9.47. The van der Waals surface area contributed by atoms with Crippen LogP contribution in [0.1, 0.15) is 15.9 Å². The standard InChI is InChI=1S/C15H14BrFN2O/c1-19(9-10-3-2-4-11(16)7-10)15(20)13-6-5-12(18)8-14(13)17/h2-8H,9,18H2,1H3. The fraction of sp³-hybridized carbons (Fsp3) is 0.133. The smallest absolute Gasteiger partial charge is 0.256 e. The largest absolute Gasteiger partial charge is 0.399 e. The Kier molecular flexibility index (Phi) is 4.39. The molecule has 0 saturated heterocycles. The van der Waals surface area contributed by atoms with Gasteiger partial charge in [0, 0.05) is 23.8 Å². The van der Waals surface area contributed by atoms with E-state index < -0.39 is 5.82 Å². The maximum Gasteiger partial charge on any atom is 0.256 e. The lowest BCUT2D eigenvalue weighted by Crippen LogP contribution is -2.27. The molecule has 0 fully saturated rings. The highest BCUT2D eigenvalue weighted by atomic mass is 79.9. The van der Waals surface area contributed by atoms with Crippen molar-refractivity contribution in [1.29, 1.82) is 0 Å². The van der Waals surface area contributed by atoms with E-state index >= 15 is 0 Å². The zero-order valence-corrected chi connectivity index (χ0v) is 12.5. The van der Waals surface area contributed by atoms with E-state index in [9.17, 15) is 9.18 Å². The second kappa shape index (κ2) is 6.05. The summed E-state index contributed by atoms with van der Waals surface area (Å²) < 4.78 is 14.7. The fourth-order valence-corrected chi connectivity index (χ4v) is 2.34. The van der Waals surface area contributed by atoms with E-state index in [0.717, 1.165) is 16.1 Å². The maximum atomic E-state index is 13.7. The summed E-state index contributed by atoms with van der Waals surface area (Å²) in [5, 5.41) is 0. The fourth-order valence-electron chi connectivity index (χ4n) is 1.89. The summed E-state index contributed by atoms with van der Waals surface area (Å²) >= 11 is 3.38. The SMILES string of the molecule is CN(Cc1cccc(Br)c1)C(=O)c1ccc(N)cc1F. The third-order valence-corrected chi connectivity index (χ3v) is 3.37. The summed E-state index contributed by atoms with van der Waals surface area (Å²) in [5.74, 6) is -0.974. The second-order valence-corrected chi connectivity index (χ2v) is 5.45. The molecular weight excluding hydrogens is 323 g/mol. The molecule has 5 heteroatoms. The van der Waals surface area contributed by atoms with Crippen LogP contribution < -0.4 is 5.73 Å². The van der Waals surface area contributed by atoms with Crippen LogP contribution in [0.2, 0.25) is 0 Å². The number of amides is 1. The van der Waals surface area contributed by atoms with Crippen molar-refractivity contribution in [1.82, 2.24) is 4.90 Å². The summed E-state index contributed by atoms with van der Waals surface area (Å²) in [5.41, 5.74) is 6.76. The molecule has 0 spiro atoms. The van der Waals surface area contributed by atoms with Crippen molar-refractivity contribution in [2.45, 2.75) is 6.54 Å². The van der Waals surface area contributed by atoms with Gasteiger partial charge in [-0.05, 0) is 35.9 Å². The average molecular weight is 337 g/mol. The number of anilines is 1. The van der Waals surface area contributed by atoms with Crippen LogP contribution in [0.5, 0.6) is 0 Å². The zero-order chi connectivity index (χ0) is 14.7. The first-order valence-electron chi connectivity index (χ1n) is 6.02. The Bertz CT molecular complexity index is 646. The van der Waals surface area contributed by atoms with E-state index in [-0.39, 0.29) is 11.5 Å². The predicted octanol–water partition coefficient (Wildman–Crippen LogP) is 3.44. The average Bonchev–Trinajstić information content (AvgIpc) is 2.38. The molecule has 2 aromatic carbocycles. The lowest BCUT2D eigenvalue weighted by molar-refractivity contribution is 0.0780. The molecule has 0 aromatic heterocycles. The Balaban J connectivity index is 2.16. The minimum atomic E-state index is -0.601. The second-order valence-electron chi connectivity index (χ2n) is 4.53. The summed E-state index contributed by atoms with van der Waals surface area (Å²) in [6.07, 6.45) is 0. The first kappa shape index (κ1) is 14.5. The van der Waals surface area contributed by atoms with Crippen LogP contribution in [0.25, 0.3) is 0 Å². The van der Waals surface area contributed by atoms with Gasteiger partial charge >= 0.3 is 0 Å². The zero-order valence-electron chi connectivity index (χ0n) is 10.9. The van der Waals surface area contributed by atoms with Gasteiger partial charge in [-0.25, -0.2) is 4.39 Å². The number of hydrogen-bond acceptors (Lipinski definition) is 2. The van der Waals surface area contributed by atoms with Crippen LogP contribution in [0.3, 0.4) is 0 Å². The third-order valence-electron chi connectivity index (χ3n) is 2.88. The van der Waals surface area contributed by atoms with Crippen molar-refractivity contribution in [3.05, 3.63) is 63.9 Å². The van der Waals surface area contributed by atoms with Gasteiger partial charge in [-0.3, -0.25) is 4.79 Å². The number of nitrogens with zero attached hydrogens (tertiary/aromatic N) is 1. The number of nitrogen functional groups attached to an aromatic ring is 1. The molecular formula is C15H14BrFN2O.